The van der Waals surface area contributed by atoms with Gasteiger partial charge in [0.2, 0.25) is 0 Å². The highest BCUT2D eigenvalue weighted by molar-refractivity contribution is 6.42. The van der Waals surface area contributed by atoms with Crippen molar-refractivity contribution in [1.82, 2.24) is 0 Å². The van der Waals surface area contributed by atoms with E-state index in [0.717, 1.165) is 28.9 Å². The average molecular weight is 436 g/mol. The van der Waals surface area contributed by atoms with Crippen LogP contribution in [-0.2, 0) is 0 Å². The minimum atomic E-state index is 0.0326. The molecule has 2 nitrogen and oxygen atoms in total. The van der Waals surface area contributed by atoms with Gasteiger partial charge >= 0.3 is 0 Å². The molecule has 136 valence electrons. The van der Waals surface area contributed by atoms with E-state index >= 15 is 0 Å². The smallest absolute Gasteiger partial charge is 0.0831 e. The highest BCUT2D eigenvalue weighted by Crippen LogP contribution is 2.39. The van der Waals surface area contributed by atoms with E-state index in [1.807, 2.05) is 65.7 Å². The Morgan fingerprint density at radius 1 is 0.741 bits per heavy atom. The molecule has 0 amide bonds. The Bertz CT molecular complexity index is 998. The fraction of sp³-hybridized carbons (Fsp3) is 0.0952. The Balaban J connectivity index is 1.76. The normalized spacial score (nSPS) is 16.5. The van der Waals surface area contributed by atoms with E-state index in [-0.39, 0.29) is 6.04 Å². The first-order valence-electron chi connectivity index (χ1n) is 8.34. The summed E-state index contributed by atoms with van der Waals surface area (Å²) in [6, 6.07) is 21.1. The number of hydrogen-bond donors (Lipinski definition) is 0. The van der Waals surface area contributed by atoms with Gasteiger partial charge in [0.05, 0.1) is 27.5 Å². The zero-order chi connectivity index (χ0) is 19.0. The van der Waals surface area contributed by atoms with Gasteiger partial charge in [-0.1, -0.05) is 70.7 Å². The van der Waals surface area contributed by atoms with Crippen molar-refractivity contribution in [2.45, 2.75) is 12.5 Å². The number of anilines is 1. The molecule has 3 aromatic rings. The van der Waals surface area contributed by atoms with Crippen molar-refractivity contribution < 1.29 is 0 Å². The van der Waals surface area contributed by atoms with E-state index in [0.29, 0.717) is 20.1 Å². The third-order valence-electron chi connectivity index (χ3n) is 4.51. The van der Waals surface area contributed by atoms with Gasteiger partial charge in [0, 0.05) is 16.5 Å². The van der Waals surface area contributed by atoms with Gasteiger partial charge in [-0.25, -0.2) is 0 Å². The Kier molecular flexibility index (Phi) is 5.34. The molecule has 1 aliphatic rings. The molecule has 0 aromatic heterocycles. The quantitative estimate of drug-likeness (QED) is 0.412. The molecule has 1 heterocycles. The van der Waals surface area contributed by atoms with Crippen molar-refractivity contribution in [3.8, 4) is 0 Å². The lowest BCUT2D eigenvalue weighted by Gasteiger charge is -2.24. The maximum atomic E-state index is 6.24. The van der Waals surface area contributed by atoms with Crippen LogP contribution in [0.2, 0.25) is 20.1 Å². The monoisotopic (exact) mass is 434 g/mol. The van der Waals surface area contributed by atoms with E-state index in [9.17, 15) is 0 Å². The molecule has 0 spiro atoms. The Morgan fingerprint density at radius 2 is 1.37 bits per heavy atom. The number of halogens is 4. The minimum Gasteiger partial charge on any atom is -0.257 e. The molecule has 6 heteroatoms. The molecule has 1 aliphatic heterocycles. The van der Waals surface area contributed by atoms with Crippen LogP contribution >= 0.6 is 46.4 Å². The van der Waals surface area contributed by atoms with Crippen LogP contribution in [0.1, 0.15) is 23.6 Å². The predicted octanol–water partition coefficient (Wildman–Crippen LogP) is 7.66. The van der Waals surface area contributed by atoms with Crippen LogP contribution in [-0.4, -0.2) is 5.71 Å². The summed E-state index contributed by atoms with van der Waals surface area (Å²) in [6.45, 7) is 0. The lowest BCUT2D eigenvalue weighted by Crippen LogP contribution is -2.18. The summed E-state index contributed by atoms with van der Waals surface area (Å²) in [5.41, 5.74) is 4.03. The van der Waals surface area contributed by atoms with Crippen LogP contribution in [0.25, 0.3) is 0 Å². The van der Waals surface area contributed by atoms with Crippen molar-refractivity contribution in [2.24, 2.45) is 5.10 Å². The maximum Gasteiger partial charge on any atom is 0.0831 e. The first kappa shape index (κ1) is 18.6. The van der Waals surface area contributed by atoms with E-state index in [4.69, 9.17) is 51.5 Å². The largest absolute Gasteiger partial charge is 0.257 e. The average Bonchev–Trinajstić information content (AvgIpc) is 3.10. The highest BCUT2D eigenvalue weighted by atomic mass is 35.5. The first-order valence-corrected chi connectivity index (χ1v) is 9.85. The molecule has 3 aromatic carbocycles. The fourth-order valence-corrected chi connectivity index (χ4v) is 3.68. The maximum absolute atomic E-state index is 6.24. The van der Waals surface area contributed by atoms with Crippen molar-refractivity contribution in [2.75, 3.05) is 5.01 Å². The van der Waals surface area contributed by atoms with Gasteiger partial charge in [-0.2, -0.15) is 5.10 Å². The van der Waals surface area contributed by atoms with E-state index in [1.54, 1.807) is 6.07 Å². The molecule has 27 heavy (non-hydrogen) atoms. The number of nitrogens with zero attached hydrogens (tertiary/aromatic N) is 2. The van der Waals surface area contributed by atoms with E-state index < -0.39 is 0 Å². The van der Waals surface area contributed by atoms with Crippen molar-refractivity contribution in [1.29, 1.82) is 0 Å². The summed E-state index contributed by atoms with van der Waals surface area (Å²) < 4.78 is 0. The van der Waals surface area contributed by atoms with Crippen LogP contribution in [0, 0.1) is 0 Å². The summed E-state index contributed by atoms with van der Waals surface area (Å²) in [4.78, 5) is 0. The van der Waals surface area contributed by atoms with Gasteiger partial charge in [-0.3, -0.25) is 5.01 Å². The second kappa shape index (κ2) is 7.73. The molecule has 0 saturated heterocycles. The lowest BCUT2D eigenvalue weighted by molar-refractivity contribution is 0.709. The number of rotatable bonds is 3. The van der Waals surface area contributed by atoms with E-state index in [2.05, 4.69) is 0 Å². The van der Waals surface area contributed by atoms with Crippen molar-refractivity contribution in [3.63, 3.8) is 0 Å². The summed E-state index contributed by atoms with van der Waals surface area (Å²) in [5.74, 6) is 0. The van der Waals surface area contributed by atoms with Gasteiger partial charge in [-0.05, 0) is 53.6 Å². The van der Waals surface area contributed by atoms with Crippen LogP contribution in [0.4, 0.5) is 5.69 Å². The minimum absolute atomic E-state index is 0.0326. The summed E-state index contributed by atoms with van der Waals surface area (Å²) in [5, 5.41) is 9.29. The van der Waals surface area contributed by atoms with Gasteiger partial charge in [0.25, 0.3) is 0 Å². The third-order valence-corrected chi connectivity index (χ3v) is 5.75. The molecule has 0 saturated carbocycles. The fourth-order valence-electron chi connectivity index (χ4n) is 3.14. The second-order valence-electron chi connectivity index (χ2n) is 6.27. The van der Waals surface area contributed by atoms with Crippen LogP contribution in [0.3, 0.4) is 0 Å². The number of hydrazone groups is 1. The molecule has 0 bridgehead atoms. The highest BCUT2D eigenvalue weighted by Gasteiger charge is 2.30. The standard InChI is InChI=1S/C21H14Cl4N2/c22-15-5-1-13(2-6-15)20-12-21(14-3-7-16(23)8-4-14)27(26-20)17-9-10-18(24)19(25)11-17/h1-11,21H,12H2. The van der Waals surface area contributed by atoms with Crippen LogP contribution in [0.5, 0.6) is 0 Å². The molecule has 0 aliphatic carbocycles. The molecular weight excluding hydrogens is 422 g/mol. The van der Waals surface area contributed by atoms with Crippen LogP contribution in [0.15, 0.2) is 71.8 Å². The predicted molar refractivity (Wildman–Crippen MR) is 116 cm³/mol. The lowest BCUT2D eigenvalue weighted by atomic mass is 9.98. The summed E-state index contributed by atoms with van der Waals surface area (Å²) in [7, 11) is 0. The van der Waals surface area contributed by atoms with E-state index in [1.165, 1.54) is 0 Å². The Morgan fingerprint density at radius 3 is 2.00 bits per heavy atom. The van der Waals surface area contributed by atoms with Gasteiger partial charge < -0.3 is 0 Å². The van der Waals surface area contributed by atoms with Gasteiger partial charge in [0.1, 0.15) is 0 Å². The third kappa shape index (κ3) is 3.95. The zero-order valence-corrected chi connectivity index (χ0v) is 17.1. The first-order chi connectivity index (χ1) is 13.0. The molecule has 0 fully saturated rings. The number of benzene rings is 3. The molecule has 0 N–H and O–H groups in total. The Hall–Kier alpha value is -1.71. The molecular formula is C21H14Cl4N2. The van der Waals surface area contributed by atoms with Crippen LogP contribution < -0.4 is 5.01 Å². The van der Waals surface area contributed by atoms with Gasteiger partial charge in [0.15, 0.2) is 0 Å². The molecule has 1 unspecified atom stereocenters. The Labute approximate surface area is 177 Å². The molecule has 0 radical (unpaired) electrons. The SMILES string of the molecule is Clc1ccc(C2=NN(c3ccc(Cl)c(Cl)c3)C(c3ccc(Cl)cc3)C2)cc1. The topological polar surface area (TPSA) is 15.6 Å². The molecule has 1 atom stereocenters. The summed E-state index contributed by atoms with van der Waals surface area (Å²) >= 11 is 24.4. The summed E-state index contributed by atoms with van der Waals surface area (Å²) in [6.07, 6.45) is 0.753. The zero-order valence-electron chi connectivity index (χ0n) is 14.0. The van der Waals surface area contributed by atoms with Gasteiger partial charge in [-0.15, -0.1) is 0 Å². The van der Waals surface area contributed by atoms with Crippen molar-refractivity contribution in [3.05, 3.63) is 97.9 Å². The molecule has 4 rings (SSSR count). The number of hydrogen-bond acceptors (Lipinski definition) is 2. The second-order valence-corrected chi connectivity index (χ2v) is 7.96. The van der Waals surface area contributed by atoms with Crippen molar-refractivity contribution >= 4 is 57.8 Å².